The van der Waals surface area contributed by atoms with E-state index in [1.165, 1.54) is 0 Å². The SMILES string of the molecule is CCNc1cc(C(C)(C)C)c2nc(C(N)=O)cc(C)c2c1. The first kappa shape index (κ1) is 15.3. The van der Waals surface area contributed by atoms with E-state index in [-0.39, 0.29) is 5.41 Å². The van der Waals surface area contributed by atoms with Crippen LogP contribution in [0.2, 0.25) is 0 Å². The van der Waals surface area contributed by atoms with Gasteiger partial charge < -0.3 is 11.1 Å². The van der Waals surface area contributed by atoms with E-state index in [9.17, 15) is 4.79 Å². The van der Waals surface area contributed by atoms with Crippen LogP contribution in [0, 0.1) is 6.92 Å². The Morgan fingerprint density at radius 3 is 2.48 bits per heavy atom. The summed E-state index contributed by atoms with van der Waals surface area (Å²) in [6, 6.07) is 5.96. The third-order valence-corrected chi connectivity index (χ3v) is 3.56. The molecule has 0 fully saturated rings. The molecule has 4 nitrogen and oxygen atoms in total. The van der Waals surface area contributed by atoms with Crippen LogP contribution < -0.4 is 11.1 Å². The summed E-state index contributed by atoms with van der Waals surface area (Å²) in [4.78, 5) is 16.0. The van der Waals surface area contributed by atoms with Gasteiger partial charge in [0.1, 0.15) is 5.69 Å². The second-order valence-corrected chi connectivity index (χ2v) is 6.39. The van der Waals surface area contributed by atoms with E-state index in [4.69, 9.17) is 5.73 Å². The number of nitrogens with one attached hydrogen (secondary N) is 1. The monoisotopic (exact) mass is 285 g/mol. The zero-order valence-electron chi connectivity index (χ0n) is 13.4. The van der Waals surface area contributed by atoms with E-state index < -0.39 is 5.91 Å². The molecule has 112 valence electrons. The van der Waals surface area contributed by atoms with Gasteiger partial charge in [0, 0.05) is 17.6 Å². The predicted molar refractivity (Wildman–Crippen MR) is 87.9 cm³/mol. The van der Waals surface area contributed by atoms with Crippen molar-refractivity contribution in [2.45, 2.75) is 40.0 Å². The van der Waals surface area contributed by atoms with Gasteiger partial charge >= 0.3 is 0 Å². The molecule has 0 aliphatic carbocycles. The van der Waals surface area contributed by atoms with Crippen molar-refractivity contribution in [2.75, 3.05) is 11.9 Å². The summed E-state index contributed by atoms with van der Waals surface area (Å²) in [7, 11) is 0. The first-order chi connectivity index (χ1) is 9.74. The lowest BCUT2D eigenvalue weighted by molar-refractivity contribution is 0.0996. The van der Waals surface area contributed by atoms with Crippen LogP contribution in [0.5, 0.6) is 0 Å². The number of nitrogens with zero attached hydrogens (tertiary/aromatic N) is 1. The minimum Gasteiger partial charge on any atom is -0.385 e. The Kier molecular flexibility index (Phi) is 3.90. The van der Waals surface area contributed by atoms with Crippen molar-refractivity contribution in [1.29, 1.82) is 0 Å². The van der Waals surface area contributed by atoms with Gasteiger partial charge in [-0.2, -0.15) is 0 Å². The average molecular weight is 285 g/mol. The number of anilines is 1. The van der Waals surface area contributed by atoms with E-state index in [1.807, 2.05) is 6.92 Å². The molecule has 0 saturated carbocycles. The number of hydrogen-bond acceptors (Lipinski definition) is 3. The van der Waals surface area contributed by atoms with Crippen LogP contribution in [0.25, 0.3) is 10.9 Å². The first-order valence-electron chi connectivity index (χ1n) is 7.23. The predicted octanol–water partition coefficient (Wildman–Crippen LogP) is 3.37. The first-order valence-corrected chi connectivity index (χ1v) is 7.23. The number of fused-ring (bicyclic) bond motifs is 1. The molecule has 0 aliphatic rings. The highest BCUT2D eigenvalue weighted by Gasteiger charge is 2.21. The molecule has 3 N–H and O–H groups in total. The molecule has 0 bridgehead atoms. The molecule has 1 heterocycles. The molecule has 21 heavy (non-hydrogen) atoms. The Balaban J connectivity index is 2.85. The highest BCUT2D eigenvalue weighted by Crippen LogP contribution is 2.33. The summed E-state index contributed by atoms with van der Waals surface area (Å²) in [5.74, 6) is -0.490. The normalized spacial score (nSPS) is 11.7. The van der Waals surface area contributed by atoms with Gasteiger partial charge in [0.25, 0.3) is 5.91 Å². The molecule has 4 heteroatoms. The molecule has 0 atom stereocenters. The van der Waals surface area contributed by atoms with Gasteiger partial charge in [-0.1, -0.05) is 20.8 Å². The van der Waals surface area contributed by atoms with Crippen LogP contribution in [0.15, 0.2) is 18.2 Å². The van der Waals surface area contributed by atoms with Crippen LogP contribution in [0.4, 0.5) is 5.69 Å². The topological polar surface area (TPSA) is 68.0 Å². The van der Waals surface area contributed by atoms with Gasteiger partial charge in [-0.3, -0.25) is 4.79 Å². The summed E-state index contributed by atoms with van der Waals surface area (Å²) < 4.78 is 0. The van der Waals surface area contributed by atoms with Crippen molar-refractivity contribution in [3.8, 4) is 0 Å². The number of aryl methyl sites for hydroxylation is 1. The summed E-state index contributed by atoms with van der Waals surface area (Å²) in [6.45, 7) is 11.4. The van der Waals surface area contributed by atoms with Crippen molar-refractivity contribution >= 4 is 22.5 Å². The molecule has 2 rings (SSSR count). The summed E-state index contributed by atoms with van der Waals surface area (Å²) >= 11 is 0. The third kappa shape index (κ3) is 2.99. The van der Waals surface area contributed by atoms with Crippen molar-refractivity contribution in [1.82, 2.24) is 4.98 Å². The Labute approximate surface area is 125 Å². The number of pyridine rings is 1. The van der Waals surface area contributed by atoms with Crippen LogP contribution >= 0.6 is 0 Å². The Bertz CT molecular complexity index is 699. The van der Waals surface area contributed by atoms with Gasteiger partial charge in [0.2, 0.25) is 0 Å². The van der Waals surface area contributed by atoms with Crippen molar-refractivity contribution in [3.05, 3.63) is 35.0 Å². The number of benzene rings is 1. The smallest absolute Gasteiger partial charge is 0.267 e. The summed E-state index contributed by atoms with van der Waals surface area (Å²) in [5, 5.41) is 4.42. The Hall–Kier alpha value is -2.10. The second kappa shape index (κ2) is 5.35. The van der Waals surface area contributed by atoms with E-state index in [0.29, 0.717) is 5.69 Å². The lowest BCUT2D eigenvalue weighted by Gasteiger charge is -2.23. The molecule has 0 aliphatic heterocycles. The number of amides is 1. The van der Waals surface area contributed by atoms with Gasteiger partial charge in [0.05, 0.1) is 5.52 Å². The zero-order valence-corrected chi connectivity index (χ0v) is 13.4. The van der Waals surface area contributed by atoms with Gasteiger partial charge in [-0.05, 0) is 48.6 Å². The largest absolute Gasteiger partial charge is 0.385 e. The molecule has 1 aromatic carbocycles. The number of nitrogens with two attached hydrogens (primary N) is 1. The quantitative estimate of drug-likeness (QED) is 0.908. The molecule has 1 amide bonds. The highest BCUT2D eigenvalue weighted by atomic mass is 16.1. The number of carbonyl (C=O) groups excluding carboxylic acids is 1. The van der Waals surface area contributed by atoms with Gasteiger partial charge in [-0.15, -0.1) is 0 Å². The van der Waals surface area contributed by atoms with Crippen LogP contribution in [-0.2, 0) is 5.41 Å². The minimum absolute atomic E-state index is 0.0700. The van der Waals surface area contributed by atoms with Crippen LogP contribution in [0.3, 0.4) is 0 Å². The molecule has 1 aromatic heterocycles. The lowest BCUT2D eigenvalue weighted by Crippen LogP contribution is -2.17. The van der Waals surface area contributed by atoms with Crippen molar-refractivity contribution < 1.29 is 4.79 Å². The Morgan fingerprint density at radius 1 is 1.29 bits per heavy atom. The molecule has 0 radical (unpaired) electrons. The number of primary amides is 1. The van der Waals surface area contributed by atoms with Crippen molar-refractivity contribution in [3.63, 3.8) is 0 Å². The van der Waals surface area contributed by atoms with E-state index >= 15 is 0 Å². The van der Waals surface area contributed by atoms with Crippen molar-refractivity contribution in [2.24, 2.45) is 5.73 Å². The molecular weight excluding hydrogens is 262 g/mol. The van der Waals surface area contributed by atoms with Crippen LogP contribution in [-0.4, -0.2) is 17.4 Å². The number of aromatic nitrogens is 1. The molecule has 2 aromatic rings. The number of rotatable bonds is 3. The minimum atomic E-state index is -0.490. The molecule has 0 spiro atoms. The fraction of sp³-hybridized carbons (Fsp3) is 0.412. The standard InChI is InChI=1S/C17H23N3O/c1-6-19-11-8-12-10(2)7-14(16(18)21)20-15(12)13(9-11)17(3,4)5/h7-9,19H,6H2,1-5H3,(H2,18,21). The maximum atomic E-state index is 11.5. The third-order valence-electron chi connectivity index (χ3n) is 3.56. The highest BCUT2D eigenvalue weighted by molar-refractivity contribution is 5.96. The van der Waals surface area contributed by atoms with E-state index in [2.05, 4.69) is 50.1 Å². The molecule has 0 unspecified atom stereocenters. The van der Waals surface area contributed by atoms with E-state index in [1.54, 1.807) is 6.07 Å². The maximum Gasteiger partial charge on any atom is 0.267 e. The Morgan fingerprint density at radius 2 is 1.95 bits per heavy atom. The van der Waals surface area contributed by atoms with Crippen LogP contribution in [0.1, 0.15) is 49.3 Å². The average Bonchev–Trinajstić information content (AvgIpc) is 2.37. The summed E-state index contributed by atoms with van der Waals surface area (Å²) in [6.07, 6.45) is 0. The fourth-order valence-corrected chi connectivity index (χ4v) is 2.50. The second-order valence-electron chi connectivity index (χ2n) is 6.39. The lowest BCUT2D eigenvalue weighted by atomic mass is 9.84. The zero-order chi connectivity index (χ0) is 15.8. The van der Waals surface area contributed by atoms with Gasteiger partial charge in [0.15, 0.2) is 0 Å². The number of hydrogen-bond donors (Lipinski definition) is 2. The summed E-state index contributed by atoms with van der Waals surface area (Å²) in [5.41, 5.74) is 9.71. The molecule has 0 saturated heterocycles. The maximum absolute atomic E-state index is 11.5. The molecular formula is C17H23N3O. The fourth-order valence-electron chi connectivity index (χ4n) is 2.50. The number of carbonyl (C=O) groups is 1. The van der Waals surface area contributed by atoms with Gasteiger partial charge in [-0.25, -0.2) is 4.98 Å². The van der Waals surface area contributed by atoms with E-state index in [0.717, 1.165) is 34.3 Å².